The number of carboxylic acids is 1. The van der Waals surface area contributed by atoms with Crippen LogP contribution in [0.25, 0.3) is 0 Å². The molecule has 30 heavy (non-hydrogen) atoms. The fourth-order valence-corrected chi connectivity index (χ4v) is 2.80. The van der Waals surface area contributed by atoms with Gasteiger partial charge in [0.1, 0.15) is 0 Å². The fourth-order valence-electron chi connectivity index (χ4n) is 2.80. The summed E-state index contributed by atoms with van der Waals surface area (Å²) in [5.74, 6) is -1.03. The number of halogens is 3. The summed E-state index contributed by atoms with van der Waals surface area (Å²) in [5, 5.41) is 13.8. The smallest absolute Gasteiger partial charge is 0.418 e. The molecule has 0 aliphatic rings. The minimum Gasteiger partial charge on any atom is -0.481 e. The van der Waals surface area contributed by atoms with E-state index in [1.807, 2.05) is 6.92 Å². The van der Waals surface area contributed by atoms with Crippen LogP contribution >= 0.6 is 0 Å². The van der Waals surface area contributed by atoms with Gasteiger partial charge in [0.05, 0.1) is 0 Å². The normalized spacial score (nSPS) is 12.3. The van der Waals surface area contributed by atoms with E-state index in [0.29, 0.717) is 11.3 Å². The highest BCUT2D eigenvalue weighted by atomic mass is 19.4. The van der Waals surface area contributed by atoms with Gasteiger partial charge in [0.15, 0.2) is 6.10 Å². The van der Waals surface area contributed by atoms with Gasteiger partial charge in [-0.05, 0) is 44.0 Å². The van der Waals surface area contributed by atoms with Gasteiger partial charge < -0.3 is 20.5 Å². The number of ether oxygens (including phenoxy) is 1. The monoisotopic (exact) mass is 424 g/mol. The van der Waals surface area contributed by atoms with Gasteiger partial charge in [0, 0.05) is 30.0 Å². The van der Waals surface area contributed by atoms with E-state index in [2.05, 4.69) is 10.6 Å². The van der Waals surface area contributed by atoms with Crippen molar-refractivity contribution in [2.45, 2.75) is 39.0 Å². The summed E-state index contributed by atoms with van der Waals surface area (Å²) < 4.78 is 45.4. The van der Waals surface area contributed by atoms with Crippen LogP contribution in [0.3, 0.4) is 0 Å². The number of nitrogens with one attached hydrogen (secondary N) is 2. The minimum atomic E-state index is -4.69. The van der Waals surface area contributed by atoms with Crippen LogP contribution in [0, 0.1) is 6.92 Å². The highest BCUT2D eigenvalue weighted by Crippen LogP contribution is 2.39. The van der Waals surface area contributed by atoms with Crippen molar-refractivity contribution in [3.8, 4) is 0 Å². The molecule has 2 aromatic rings. The van der Waals surface area contributed by atoms with Crippen molar-refractivity contribution in [3.05, 3.63) is 59.2 Å². The summed E-state index contributed by atoms with van der Waals surface area (Å²) in [4.78, 5) is 23.2. The summed E-state index contributed by atoms with van der Waals surface area (Å²) in [6.07, 6.45) is -7.01. The molecule has 0 heterocycles. The number of hydrogen-bond acceptors (Lipinski definition) is 3. The molecular weight excluding hydrogens is 401 g/mol. The Morgan fingerprint density at radius 1 is 1.10 bits per heavy atom. The lowest BCUT2D eigenvalue weighted by Crippen LogP contribution is -2.27. The predicted molar refractivity (Wildman–Crippen MR) is 107 cm³/mol. The number of carbonyl (C=O) groups excluding carboxylic acids is 1. The number of hydrogen-bond donors (Lipinski definition) is 3. The number of urea groups is 1. The molecule has 2 rings (SSSR count). The second-order valence-electron chi connectivity index (χ2n) is 6.64. The van der Waals surface area contributed by atoms with Gasteiger partial charge in [-0.3, -0.25) is 4.79 Å². The Bertz CT molecular complexity index is 883. The molecule has 0 bridgehead atoms. The molecule has 0 saturated heterocycles. The number of carbonyl (C=O) groups is 2. The summed E-state index contributed by atoms with van der Waals surface area (Å²) >= 11 is 0. The highest BCUT2D eigenvalue weighted by Gasteiger charge is 2.43. The van der Waals surface area contributed by atoms with Gasteiger partial charge in [-0.2, -0.15) is 13.2 Å². The van der Waals surface area contributed by atoms with Gasteiger partial charge in [-0.15, -0.1) is 0 Å². The zero-order valence-corrected chi connectivity index (χ0v) is 16.5. The molecule has 0 fully saturated rings. The lowest BCUT2D eigenvalue weighted by molar-refractivity contribution is -0.222. The number of carboxylic acid groups (broad SMARTS) is 1. The van der Waals surface area contributed by atoms with Gasteiger partial charge in [0.2, 0.25) is 0 Å². The van der Waals surface area contributed by atoms with E-state index in [4.69, 9.17) is 9.84 Å². The number of amides is 2. The Labute approximate surface area is 172 Å². The number of alkyl halides is 3. The predicted octanol–water partition coefficient (Wildman–Crippen LogP) is 5.30. The number of aliphatic carboxylic acids is 1. The SMILES string of the molecule is CCO[C@H](c1ccc(CCC(=O)O)cc1NC(=O)Nc1ccc(C)cc1)C(F)(F)F. The molecule has 3 N–H and O–H groups in total. The third kappa shape index (κ3) is 6.77. The molecule has 2 amide bonds. The second kappa shape index (κ2) is 10.1. The molecule has 0 aliphatic carbocycles. The molecule has 0 spiro atoms. The first-order valence-corrected chi connectivity index (χ1v) is 9.27. The first-order valence-electron chi connectivity index (χ1n) is 9.27. The Kier molecular flexibility index (Phi) is 7.82. The Morgan fingerprint density at radius 3 is 2.33 bits per heavy atom. The van der Waals surface area contributed by atoms with Crippen molar-refractivity contribution in [2.24, 2.45) is 0 Å². The van der Waals surface area contributed by atoms with Gasteiger partial charge in [0.25, 0.3) is 0 Å². The highest BCUT2D eigenvalue weighted by molar-refractivity contribution is 6.00. The van der Waals surface area contributed by atoms with E-state index >= 15 is 0 Å². The molecule has 6 nitrogen and oxygen atoms in total. The minimum absolute atomic E-state index is 0.0988. The average Bonchev–Trinajstić information content (AvgIpc) is 2.66. The van der Waals surface area contributed by atoms with Crippen LogP contribution in [-0.4, -0.2) is 29.9 Å². The van der Waals surface area contributed by atoms with Gasteiger partial charge in [-0.25, -0.2) is 4.79 Å². The molecule has 0 radical (unpaired) electrons. The Balaban J connectivity index is 2.33. The van der Waals surface area contributed by atoms with E-state index in [1.54, 1.807) is 24.3 Å². The molecular formula is C21H23F3N2O4. The summed E-state index contributed by atoms with van der Waals surface area (Å²) in [6, 6.07) is 10.1. The van der Waals surface area contributed by atoms with Crippen LogP contribution in [0.15, 0.2) is 42.5 Å². The summed E-state index contributed by atoms with van der Waals surface area (Å²) in [6.45, 7) is 3.14. The Hall–Kier alpha value is -3.07. The number of aryl methyl sites for hydroxylation is 2. The van der Waals surface area contributed by atoms with Crippen LogP contribution in [0.2, 0.25) is 0 Å². The third-order valence-electron chi connectivity index (χ3n) is 4.22. The molecule has 1 atom stereocenters. The number of rotatable bonds is 8. The zero-order chi connectivity index (χ0) is 22.3. The third-order valence-corrected chi connectivity index (χ3v) is 4.22. The molecule has 162 valence electrons. The van der Waals surface area contributed by atoms with E-state index in [0.717, 1.165) is 5.56 Å². The van der Waals surface area contributed by atoms with Crippen LogP contribution in [0.5, 0.6) is 0 Å². The fraction of sp³-hybridized carbons (Fsp3) is 0.333. The lowest BCUT2D eigenvalue weighted by atomic mass is 10.0. The Morgan fingerprint density at radius 2 is 1.77 bits per heavy atom. The molecule has 9 heteroatoms. The second-order valence-corrected chi connectivity index (χ2v) is 6.64. The van der Waals surface area contributed by atoms with Crippen LogP contribution < -0.4 is 10.6 Å². The molecule has 0 saturated carbocycles. The van der Waals surface area contributed by atoms with Crippen molar-refractivity contribution in [1.82, 2.24) is 0 Å². The van der Waals surface area contributed by atoms with Crippen LogP contribution in [0.4, 0.5) is 29.3 Å². The molecule has 0 unspecified atom stereocenters. The zero-order valence-electron chi connectivity index (χ0n) is 16.5. The first-order chi connectivity index (χ1) is 14.1. The van der Waals surface area contributed by atoms with Gasteiger partial charge in [-0.1, -0.05) is 29.8 Å². The van der Waals surface area contributed by atoms with Gasteiger partial charge >= 0.3 is 18.2 Å². The van der Waals surface area contributed by atoms with Crippen molar-refractivity contribution < 1.29 is 32.6 Å². The van der Waals surface area contributed by atoms with E-state index < -0.39 is 24.3 Å². The first kappa shape index (κ1) is 23.2. The molecule has 0 aromatic heterocycles. The van der Waals surface area contributed by atoms with Crippen LogP contribution in [-0.2, 0) is 16.0 Å². The maximum Gasteiger partial charge on any atom is 0.418 e. The van der Waals surface area contributed by atoms with Crippen molar-refractivity contribution >= 4 is 23.4 Å². The number of benzene rings is 2. The van der Waals surface area contributed by atoms with E-state index in [-0.39, 0.29) is 30.7 Å². The number of anilines is 2. The average molecular weight is 424 g/mol. The molecule has 0 aliphatic heterocycles. The summed E-state index contributed by atoms with van der Waals surface area (Å²) in [7, 11) is 0. The van der Waals surface area contributed by atoms with Crippen molar-refractivity contribution in [2.75, 3.05) is 17.2 Å². The summed E-state index contributed by atoms with van der Waals surface area (Å²) in [5.41, 5.74) is 1.57. The quantitative estimate of drug-likeness (QED) is 0.537. The van der Waals surface area contributed by atoms with Crippen molar-refractivity contribution in [1.29, 1.82) is 0 Å². The van der Waals surface area contributed by atoms with E-state index in [1.165, 1.54) is 25.1 Å². The molecule has 2 aromatic carbocycles. The topological polar surface area (TPSA) is 87.7 Å². The maximum absolute atomic E-state index is 13.5. The maximum atomic E-state index is 13.5. The van der Waals surface area contributed by atoms with E-state index in [9.17, 15) is 22.8 Å². The lowest BCUT2D eigenvalue weighted by Gasteiger charge is -2.24. The standard InChI is InChI=1S/C21H23F3N2O4/c1-3-30-19(21(22,23)24)16-10-6-14(7-11-18(27)28)12-17(16)26-20(29)25-15-8-4-13(2)5-9-15/h4-6,8-10,12,19H,3,7,11H2,1-2H3,(H,27,28)(H2,25,26,29)/t19-/m1/s1. The largest absolute Gasteiger partial charge is 0.481 e. The van der Waals surface area contributed by atoms with Crippen molar-refractivity contribution in [3.63, 3.8) is 0 Å². The van der Waals surface area contributed by atoms with Crippen LogP contribution in [0.1, 0.15) is 36.1 Å².